The fraction of sp³-hybridized carbons (Fsp3) is 0.214. The monoisotopic (exact) mass is 285 g/mol. The standard InChI is InChI=1S/C14H15N5O2/c1-21-11-4-2-3-10(5-11)17-14(20)19-7-9-6-16-13(15)18-12(9)8-19/h2-6H,7-8H2,1H3,(H,17,20)(H2,15,16,18). The van der Waals surface area contributed by atoms with Gasteiger partial charge in [-0.3, -0.25) is 0 Å². The first kappa shape index (κ1) is 13.2. The number of nitrogens with one attached hydrogen (secondary N) is 1. The van der Waals surface area contributed by atoms with Crippen LogP contribution in [0.5, 0.6) is 5.75 Å². The van der Waals surface area contributed by atoms with Gasteiger partial charge in [-0.1, -0.05) is 6.07 Å². The van der Waals surface area contributed by atoms with Crippen molar-refractivity contribution in [2.24, 2.45) is 0 Å². The number of rotatable bonds is 2. The van der Waals surface area contributed by atoms with Crippen LogP contribution in [0, 0.1) is 0 Å². The van der Waals surface area contributed by atoms with E-state index in [4.69, 9.17) is 10.5 Å². The van der Waals surface area contributed by atoms with Crippen LogP contribution in [0.4, 0.5) is 16.4 Å². The zero-order valence-electron chi connectivity index (χ0n) is 11.5. The maximum atomic E-state index is 12.3. The maximum Gasteiger partial charge on any atom is 0.322 e. The number of fused-ring (bicyclic) bond motifs is 1. The van der Waals surface area contributed by atoms with Crippen molar-refractivity contribution >= 4 is 17.7 Å². The summed E-state index contributed by atoms with van der Waals surface area (Å²) in [7, 11) is 1.58. The molecule has 2 heterocycles. The summed E-state index contributed by atoms with van der Waals surface area (Å²) >= 11 is 0. The number of nitrogens with zero attached hydrogens (tertiary/aromatic N) is 3. The summed E-state index contributed by atoms with van der Waals surface area (Å²) in [5, 5.41) is 2.84. The average Bonchev–Trinajstić information content (AvgIpc) is 2.90. The average molecular weight is 285 g/mol. The van der Waals surface area contributed by atoms with E-state index in [2.05, 4.69) is 15.3 Å². The minimum absolute atomic E-state index is 0.195. The second kappa shape index (κ2) is 5.28. The van der Waals surface area contributed by atoms with Crippen LogP contribution < -0.4 is 15.8 Å². The summed E-state index contributed by atoms with van der Waals surface area (Å²) in [6.45, 7) is 0.906. The Morgan fingerprint density at radius 1 is 1.43 bits per heavy atom. The molecule has 0 atom stereocenters. The Kier molecular flexibility index (Phi) is 3.31. The minimum Gasteiger partial charge on any atom is -0.497 e. The van der Waals surface area contributed by atoms with Gasteiger partial charge in [0.05, 0.1) is 25.9 Å². The molecule has 0 spiro atoms. The molecule has 2 amide bonds. The van der Waals surface area contributed by atoms with Gasteiger partial charge >= 0.3 is 6.03 Å². The third-order valence-corrected chi connectivity index (χ3v) is 3.28. The molecule has 7 nitrogen and oxygen atoms in total. The molecule has 1 aliphatic heterocycles. The third kappa shape index (κ3) is 2.71. The molecule has 0 saturated heterocycles. The quantitative estimate of drug-likeness (QED) is 0.874. The van der Waals surface area contributed by atoms with Crippen molar-refractivity contribution in [3.8, 4) is 5.75 Å². The fourth-order valence-corrected chi connectivity index (χ4v) is 2.22. The van der Waals surface area contributed by atoms with Gasteiger partial charge in [-0.2, -0.15) is 0 Å². The van der Waals surface area contributed by atoms with Crippen molar-refractivity contribution in [1.29, 1.82) is 0 Å². The summed E-state index contributed by atoms with van der Waals surface area (Å²) in [6, 6.07) is 7.01. The highest BCUT2D eigenvalue weighted by Gasteiger charge is 2.25. The lowest BCUT2D eigenvalue weighted by Gasteiger charge is -2.16. The van der Waals surface area contributed by atoms with E-state index in [1.54, 1.807) is 30.3 Å². The maximum absolute atomic E-state index is 12.3. The van der Waals surface area contributed by atoms with Gasteiger partial charge in [0.1, 0.15) is 5.75 Å². The summed E-state index contributed by atoms with van der Waals surface area (Å²) in [5.74, 6) is 0.917. The summed E-state index contributed by atoms with van der Waals surface area (Å²) in [4.78, 5) is 22.0. The molecule has 3 N–H and O–H groups in total. The number of ether oxygens (including phenoxy) is 1. The van der Waals surface area contributed by atoms with Gasteiger partial charge in [0, 0.05) is 23.5 Å². The number of nitrogen functional groups attached to an aromatic ring is 1. The van der Waals surface area contributed by atoms with Gasteiger partial charge in [-0.05, 0) is 12.1 Å². The summed E-state index contributed by atoms with van der Waals surface area (Å²) in [5.41, 5.74) is 7.95. The van der Waals surface area contributed by atoms with Gasteiger partial charge in [0.15, 0.2) is 0 Å². The van der Waals surface area contributed by atoms with Crippen LogP contribution in [0.1, 0.15) is 11.3 Å². The van der Waals surface area contributed by atoms with Crippen molar-refractivity contribution in [2.75, 3.05) is 18.2 Å². The second-order valence-corrected chi connectivity index (χ2v) is 4.72. The van der Waals surface area contributed by atoms with E-state index in [1.807, 2.05) is 12.1 Å². The Bertz CT molecular complexity index is 689. The van der Waals surface area contributed by atoms with E-state index < -0.39 is 0 Å². The SMILES string of the molecule is COc1cccc(NC(=O)N2Cc3cnc(N)nc3C2)c1. The molecule has 0 unspecified atom stereocenters. The van der Waals surface area contributed by atoms with E-state index >= 15 is 0 Å². The number of urea groups is 1. The van der Waals surface area contributed by atoms with Crippen molar-refractivity contribution in [3.05, 3.63) is 41.7 Å². The molecule has 108 valence electrons. The van der Waals surface area contributed by atoms with Gasteiger partial charge in [-0.25, -0.2) is 14.8 Å². The smallest absolute Gasteiger partial charge is 0.322 e. The number of amides is 2. The van der Waals surface area contributed by atoms with E-state index in [1.165, 1.54) is 0 Å². The van der Waals surface area contributed by atoms with E-state index in [-0.39, 0.29) is 12.0 Å². The lowest BCUT2D eigenvalue weighted by atomic mass is 10.3. The lowest BCUT2D eigenvalue weighted by molar-refractivity contribution is 0.212. The minimum atomic E-state index is -0.195. The molecular formula is C14H15N5O2. The zero-order chi connectivity index (χ0) is 14.8. The molecule has 0 saturated carbocycles. The van der Waals surface area contributed by atoms with Crippen LogP contribution in [0.25, 0.3) is 0 Å². The molecule has 3 rings (SSSR count). The summed E-state index contributed by atoms with van der Waals surface area (Å²) < 4.78 is 5.13. The largest absolute Gasteiger partial charge is 0.497 e. The molecule has 0 fully saturated rings. The third-order valence-electron chi connectivity index (χ3n) is 3.28. The van der Waals surface area contributed by atoms with Crippen LogP contribution >= 0.6 is 0 Å². The first-order chi connectivity index (χ1) is 10.2. The number of anilines is 2. The molecule has 0 aliphatic carbocycles. The van der Waals surface area contributed by atoms with Crippen LogP contribution in [-0.2, 0) is 13.1 Å². The van der Waals surface area contributed by atoms with Gasteiger partial charge in [0.2, 0.25) is 5.95 Å². The van der Waals surface area contributed by atoms with Crippen molar-refractivity contribution in [1.82, 2.24) is 14.9 Å². The van der Waals surface area contributed by atoms with Crippen LogP contribution in [0.2, 0.25) is 0 Å². The number of nitrogens with two attached hydrogens (primary N) is 1. The molecule has 1 aromatic heterocycles. The van der Waals surface area contributed by atoms with E-state index in [0.29, 0.717) is 24.5 Å². The van der Waals surface area contributed by atoms with Gasteiger partial charge in [-0.15, -0.1) is 0 Å². The first-order valence-electron chi connectivity index (χ1n) is 6.46. The molecule has 1 aliphatic rings. The number of aromatic nitrogens is 2. The highest BCUT2D eigenvalue weighted by Crippen LogP contribution is 2.22. The Hall–Kier alpha value is -2.83. The number of methoxy groups -OCH3 is 1. The van der Waals surface area contributed by atoms with Crippen molar-refractivity contribution in [2.45, 2.75) is 13.1 Å². The van der Waals surface area contributed by atoms with Crippen LogP contribution in [0.3, 0.4) is 0 Å². The molecule has 0 radical (unpaired) electrons. The number of carbonyl (C=O) groups excluding carboxylic acids is 1. The molecule has 1 aromatic carbocycles. The molecular weight excluding hydrogens is 270 g/mol. The number of hydrogen-bond donors (Lipinski definition) is 2. The number of hydrogen-bond acceptors (Lipinski definition) is 5. The predicted octanol–water partition coefficient (Wildman–Crippen LogP) is 1.62. The second-order valence-electron chi connectivity index (χ2n) is 4.72. The zero-order valence-corrected chi connectivity index (χ0v) is 11.5. The molecule has 0 bridgehead atoms. The Balaban J connectivity index is 1.70. The van der Waals surface area contributed by atoms with Crippen molar-refractivity contribution in [3.63, 3.8) is 0 Å². The highest BCUT2D eigenvalue weighted by molar-refractivity contribution is 5.89. The molecule has 2 aromatic rings. The normalized spacial score (nSPS) is 12.9. The van der Waals surface area contributed by atoms with E-state index in [0.717, 1.165) is 11.3 Å². The van der Waals surface area contributed by atoms with Crippen LogP contribution in [0.15, 0.2) is 30.5 Å². The van der Waals surface area contributed by atoms with Gasteiger partial charge < -0.3 is 20.7 Å². The molecule has 21 heavy (non-hydrogen) atoms. The van der Waals surface area contributed by atoms with Crippen molar-refractivity contribution < 1.29 is 9.53 Å². The lowest BCUT2D eigenvalue weighted by Crippen LogP contribution is -2.30. The number of benzene rings is 1. The highest BCUT2D eigenvalue weighted by atomic mass is 16.5. The Morgan fingerprint density at radius 2 is 2.29 bits per heavy atom. The van der Waals surface area contributed by atoms with Gasteiger partial charge in [0.25, 0.3) is 0 Å². The van der Waals surface area contributed by atoms with E-state index in [9.17, 15) is 4.79 Å². The number of carbonyl (C=O) groups is 1. The first-order valence-corrected chi connectivity index (χ1v) is 6.46. The Morgan fingerprint density at radius 3 is 3.10 bits per heavy atom. The topological polar surface area (TPSA) is 93.4 Å². The predicted molar refractivity (Wildman–Crippen MR) is 77.7 cm³/mol. The molecule has 7 heteroatoms. The fourth-order valence-electron chi connectivity index (χ4n) is 2.22. The van der Waals surface area contributed by atoms with Crippen LogP contribution in [-0.4, -0.2) is 28.0 Å². The Labute approximate surface area is 121 Å². The summed E-state index contributed by atoms with van der Waals surface area (Å²) in [6.07, 6.45) is 1.66.